The van der Waals surface area contributed by atoms with Gasteiger partial charge in [0.2, 0.25) is 5.91 Å². The van der Waals surface area contributed by atoms with Crippen LogP contribution in [-0.4, -0.2) is 28.9 Å². The molecule has 3 nitrogen and oxygen atoms in total. The fourth-order valence-electron chi connectivity index (χ4n) is 3.90. The second-order valence-corrected chi connectivity index (χ2v) is 6.64. The predicted octanol–water partition coefficient (Wildman–Crippen LogP) is 3.85. The highest BCUT2D eigenvalue weighted by Gasteiger charge is 2.26. The molecule has 3 aliphatic rings. The largest absolute Gasteiger partial charge is 0.342 e. The predicted molar refractivity (Wildman–Crippen MR) is 96.3 cm³/mol. The molecule has 1 aromatic rings. The number of nitrogens with zero attached hydrogens (tertiary/aromatic N) is 2. The van der Waals surface area contributed by atoms with Crippen molar-refractivity contribution < 1.29 is 4.79 Å². The van der Waals surface area contributed by atoms with Gasteiger partial charge in [0.25, 0.3) is 0 Å². The SMILES string of the molecule is CC(=O)N1CCC(=C2C3=CC=CCC3=CCc3cccnc32)CC1. The van der Waals surface area contributed by atoms with Gasteiger partial charge in [-0.3, -0.25) is 9.78 Å². The number of hydrogen-bond donors (Lipinski definition) is 0. The topological polar surface area (TPSA) is 33.2 Å². The number of amides is 1. The van der Waals surface area contributed by atoms with Crippen LogP contribution in [0.1, 0.15) is 37.4 Å². The van der Waals surface area contributed by atoms with E-state index in [0.29, 0.717) is 0 Å². The summed E-state index contributed by atoms with van der Waals surface area (Å²) in [5.41, 5.74) is 7.95. The molecule has 1 aliphatic heterocycles. The summed E-state index contributed by atoms with van der Waals surface area (Å²) in [5.74, 6) is 0.179. The average molecular weight is 318 g/mol. The highest BCUT2D eigenvalue weighted by Crippen LogP contribution is 2.40. The van der Waals surface area contributed by atoms with E-state index in [1.807, 2.05) is 17.2 Å². The molecule has 3 heteroatoms. The van der Waals surface area contributed by atoms with E-state index in [1.54, 1.807) is 6.92 Å². The van der Waals surface area contributed by atoms with Crippen molar-refractivity contribution in [3.05, 3.63) is 70.6 Å². The molecule has 0 spiro atoms. The lowest BCUT2D eigenvalue weighted by molar-refractivity contribution is -0.129. The number of rotatable bonds is 0. The van der Waals surface area contributed by atoms with Gasteiger partial charge in [-0.2, -0.15) is 0 Å². The van der Waals surface area contributed by atoms with Gasteiger partial charge in [0.05, 0.1) is 5.69 Å². The van der Waals surface area contributed by atoms with Gasteiger partial charge >= 0.3 is 0 Å². The molecule has 2 heterocycles. The summed E-state index contributed by atoms with van der Waals surface area (Å²) < 4.78 is 0. The van der Waals surface area contributed by atoms with E-state index in [0.717, 1.165) is 44.5 Å². The summed E-state index contributed by atoms with van der Waals surface area (Å²) in [7, 11) is 0. The smallest absolute Gasteiger partial charge is 0.219 e. The van der Waals surface area contributed by atoms with Crippen molar-refractivity contribution in [3.8, 4) is 0 Å². The fraction of sp³-hybridized carbons (Fsp3) is 0.333. The molecule has 0 saturated carbocycles. The molecular formula is C21H22N2O. The van der Waals surface area contributed by atoms with Crippen LogP contribution >= 0.6 is 0 Å². The van der Waals surface area contributed by atoms with Crippen molar-refractivity contribution in [3.63, 3.8) is 0 Å². The van der Waals surface area contributed by atoms with Gasteiger partial charge in [-0.25, -0.2) is 0 Å². The summed E-state index contributed by atoms with van der Waals surface area (Å²) in [4.78, 5) is 18.3. The maximum Gasteiger partial charge on any atom is 0.219 e. The fourth-order valence-corrected chi connectivity index (χ4v) is 3.90. The number of aromatic nitrogens is 1. The van der Waals surface area contributed by atoms with Gasteiger partial charge in [-0.05, 0) is 48.5 Å². The van der Waals surface area contributed by atoms with Crippen LogP contribution in [0.3, 0.4) is 0 Å². The number of likely N-dealkylation sites (tertiary alicyclic amines) is 1. The van der Waals surface area contributed by atoms with Crippen LogP contribution in [0.4, 0.5) is 0 Å². The van der Waals surface area contributed by atoms with Gasteiger partial charge in [0.1, 0.15) is 0 Å². The summed E-state index contributed by atoms with van der Waals surface area (Å²) >= 11 is 0. The van der Waals surface area contributed by atoms with Crippen molar-refractivity contribution in [2.24, 2.45) is 0 Å². The third-order valence-electron chi connectivity index (χ3n) is 5.21. The van der Waals surface area contributed by atoms with Gasteiger partial charge < -0.3 is 4.90 Å². The number of carbonyl (C=O) groups excluding carboxylic acids is 1. The summed E-state index contributed by atoms with van der Waals surface area (Å²) in [6, 6.07) is 4.22. The first kappa shape index (κ1) is 15.1. The van der Waals surface area contributed by atoms with E-state index in [2.05, 4.69) is 30.4 Å². The van der Waals surface area contributed by atoms with Crippen LogP contribution in [0.5, 0.6) is 0 Å². The zero-order valence-corrected chi connectivity index (χ0v) is 14.1. The Bertz CT molecular complexity index is 801. The van der Waals surface area contributed by atoms with Crippen LogP contribution in [0.15, 0.2) is 59.4 Å². The molecule has 1 aromatic heterocycles. The van der Waals surface area contributed by atoms with Crippen LogP contribution in [0, 0.1) is 0 Å². The summed E-state index contributed by atoms with van der Waals surface area (Å²) in [5, 5.41) is 0. The molecule has 122 valence electrons. The normalized spacial score (nSPS) is 20.0. The standard InChI is InChI=1S/C21H22N2O/c1-15(24)23-13-10-17(11-14-23)20-19-7-3-2-5-16(19)8-9-18-6-4-12-22-21(18)20/h2-4,6-8,12H,5,9-11,13-14H2,1H3. The molecule has 0 atom stereocenters. The molecule has 1 fully saturated rings. The molecule has 4 rings (SSSR count). The first-order chi connectivity index (χ1) is 11.7. The van der Waals surface area contributed by atoms with Crippen molar-refractivity contribution >= 4 is 11.5 Å². The minimum atomic E-state index is 0.179. The second-order valence-electron chi connectivity index (χ2n) is 6.64. The molecule has 0 bridgehead atoms. The van der Waals surface area contributed by atoms with Gasteiger partial charge in [0, 0.05) is 31.8 Å². The number of piperidine rings is 1. The summed E-state index contributed by atoms with van der Waals surface area (Å²) in [6.45, 7) is 3.30. The first-order valence-electron chi connectivity index (χ1n) is 8.72. The van der Waals surface area contributed by atoms with Crippen LogP contribution in [0.25, 0.3) is 5.57 Å². The van der Waals surface area contributed by atoms with E-state index < -0.39 is 0 Å². The summed E-state index contributed by atoms with van der Waals surface area (Å²) in [6.07, 6.45) is 14.7. The van der Waals surface area contributed by atoms with E-state index in [1.165, 1.54) is 27.9 Å². The van der Waals surface area contributed by atoms with Crippen molar-refractivity contribution in [2.75, 3.05) is 13.1 Å². The number of pyridine rings is 1. The van der Waals surface area contributed by atoms with E-state index in [9.17, 15) is 4.79 Å². The van der Waals surface area contributed by atoms with E-state index in [4.69, 9.17) is 4.98 Å². The Morgan fingerprint density at radius 2 is 2.04 bits per heavy atom. The van der Waals surface area contributed by atoms with Crippen molar-refractivity contribution in [1.29, 1.82) is 0 Å². The minimum Gasteiger partial charge on any atom is -0.342 e. The first-order valence-corrected chi connectivity index (χ1v) is 8.72. The molecule has 2 aliphatic carbocycles. The van der Waals surface area contributed by atoms with Crippen LogP contribution < -0.4 is 0 Å². The number of fused-ring (bicyclic) bond motifs is 2. The third kappa shape index (κ3) is 2.64. The molecule has 0 aromatic carbocycles. The zero-order valence-electron chi connectivity index (χ0n) is 14.1. The molecule has 24 heavy (non-hydrogen) atoms. The van der Waals surface area contributed by atoms with Crippen molar-refractivity contribution in [2.45, 2.75) is 32.6 Å². The second kappa shape index (κ2) is 6.23. The Morgan fingerprint density at radius 1 is 1.21 bits per heavy atom. The lowest BCUT2D eigenvalue weighted by Gasteiger charge is -2.30. The quantitative estimate of drug-likeness (QED) is 0.728. The zero-order chi connectivity index (χ0) is 16.5. The maximum absolute atomic E-state index is 11.6. The maximum atomic E-state index is 11.6. The van der Waals surface area contributed by atoms with Gasteiger partial charge in [-0.1, -0.05) is 35.9 Å². The molecule has 1 saturated heterocycles. The Hall–Kier alpha value is -2.42. The Morgan fingerprint density at radius 3 is 2.83 bits per heavy atom. The minimum absolute atomic E-state index is 0.179. The van der Waals surface area contributed by atoms with Gasteiger partial charge in [0.15, 0.2) is 0 Å². The van der Waals surface area contributed by atoms with Gasteiger partial charge in [-0.15, -0.1) is 0 Å². The lowest BCUT2D eigenvalue weighted by atomic mass is 9.85. The van der Waals surface area contributed by atoms with Crippen LogP contribution in [-0.2, 0) is 11.2 Å². The highest BCUT2D eigenvalue weighted by atomic mass is 16.2. The Labute approximate surface area is 143 Å². The Kier molecular flexibility index (Phi) is 3.93. The number of hydrogen-bond acceptors (Lipinski definition) is 2. The van der Waals surface area contributed by atoms with Crippen molar-refractivity contribution in [1.82, 2.24) is 9.88 Å². The average Bonchev–Trinajstić information content (AvgIpc) is 2.79. The third-order valence-corrected chi connectivity index (χ3v) is 5.21. The monoisotopic (exact) mass is 318 g/mol. The van der Waals surface area contributed by atoms with E-state index in [-0.39, 0.29) is 5.91 Å². The van der Waals surface area contributed by atoms with E-state index >= 15 is 0 Å². The molecule has 0 N–H and O–H groups in total. The molecular weight excluding hydrogens is 296 g/mol. The Balaban J connectivity index is 1.83. The highest BCUT2D eigenvalue weighted by molar-refractivity contribution is 5.87. The lowest BCUT2D eigenvalue weighted by Crippen LogP contribution is -2.34. The number of carbonyl (C=O) groups is 1. The molecule has 0 unspecified atom stereocenters. The molecule has 1 amide bonds. The molecule has 0 radical (unpaired) electrons. The van der Waals surface area contributed by atoms with Crippen LogP contribution in [0.2, 0.25) is 0 Å². The number of allylic oxidation sites excluding steroid dienone is 7.